The van der Waals surface area contributed by atoms with Crippen molar-refractivity contribution in [3.8, 4) is 0 Å². The number of aromatic nitrogens is 5. The first-order valence-electron chi connectivity index (χ1n) is 8.07. The Morgan fingerprint density at radius 2 is 1.88 bits per heavy atom. The molecule has 1 saturated carbocycles. The number of halogens is 3. The lowest BCUT2D eigenvalue weighted by atomic mass is 10.2. The molecule has 3 aromatic rings. The molecule has 1 unspecified atom stereocenters. The quantitative estimate of drug-likeness (QED) is 0.655. The molecule has 3 heterocycles. The second kappa shape index (κ2) is 5.37. The minimum Gasteiger partial charge on any atom is -0.381 e. The Hall–Kier alpha value is -2.75. The summed E-state index contributed by atoms with van der Waals surface area (Å²) in [5.74, 6) is -2.80. The molecule has 1 aliphatic carbocycles. The fourth-order valence-corrected chi connectivity index (χ4v) is 3.61. The fraction of sp³-hybridized carbons (Fsp3) is 0.375. The van der Waals surface area contributed by atoms with Gasteiger partial charge < -0.3 is 4.74 Å². The van der Waals surface area contributed by atoms with Crippen molar-refractivity contribution in [2.75, 3.05) is 13.2 Å². The zero-order chi connectivity index (χ0) is 18.0. The van der Waals surface area contributed by atoms with Crippen LogP contribution in [0.2, 0.25) is 0 Å². The lowest BCUT2D eigenvalue weighted by molar-refractivity contribution is 0.149. The zero-order valence-electron chi connectivity index (χ0n) is 13.3. The van der Waals surface area contributed by atoms with Crippen LogP contribution in [-0.4, -0.2) is 38.0 Å². The zero-order valence-corrected chi connectivity index (χ0v) is 13.3. The first-order valence-corrected chi connectivity index (χ1v) is 8.07. The monoisotopic (exact) mass is 363 g/mol. The van der Waals surface area contributed by atoms with E-state index in [4.69, 9.17) is 4.74 Å². The molecule has 1 aromatic carbocycles. The molecular weight excluding hydrogens is 351 g/mol. The Bertz CT molecular complexity index is 1090. The number of rotatable bonds is 3. The molecule has 0 N–H and O–H groups in total. The van der Waals surface area contributed by atoms with Gasteiger partial charge in [-0.2, -0.15) is 5.10 Å². The largest absolute Gasteiger partial charge is 0.381 e. The van der Waals surface area contributed by atoms with Gasteiger partial charge >= 0.3 is 0 Å². The van der Waals surface area contributed by atoms with Crippen LogP contribution in [0.3, 0.4) is 0 Å². The molecule has 0 radical (unpaired) electrons. The van der Waals surface area contributed by atoms with Crippen LogP contribution in [0.4, 0.5) is 13.2 Å². The van der Waals surface area contributed by atoms with Crippen molar-refractivity contribution in [3.05, 3.63) is 51.7 Å². The van der Waals surface area contributed by atoms with Crippen molar-refractivity contribution < 1.29 is 17.9 Å². The molecule has 2 fully saturated rings. The van der Waals surface area contributed by atoms with Crippen LogP contribution in [0.15, 0.2) is 23.1 Å². The summed E-state index contributed by atoms with van der Waals surface area (Å²) < 4.78 is 48.7. The minimum atomic E-state index is -1.28. The van der Waals surface area contributed by atoms with Crippen molar-refractivity contribution in [2.24, 2.45) is 11.8 Å². The number of hydrogen-bond acceptors (Lipinski definition) is 5. The van der Waals surface area contributed by atoms with Crippen molar-refractivity contribution >= 4 is 11.0 Å². The standard InChI is InChI=1S/C16H12F3N5O2/c17-10-1-2-11(18)13(19)7(10)3-23-4-12-14(21-23)16(25)24(22-20-12)15-8-5-26-6-9(8)15/h1-2,4,8-9,15H,3,5-6H2/t8-,9+,15?. The summed E-state index contributed by atoms with van der Waals surface area (Å²) in [5.41, 5.74) is -0.609. The minimum absolute atomic E-state index is 0.0450. The van der Waals surface area contributed by atoms with Crippen LogP contribution >= 0.6 is 0 Å². The van der Waals surface area contributed by atoms with Gasteiger partial charge in [-0.1, -0.05) is 5.21 Å². The molecule has 134 valence electrons. The molecule has 0 spiro atoms. The topological polar surface area (TPSA) is 74.8 Å². The van der Waals surface area contributed by atoms with Crippen LogP contribution in [0.5, 0.6) is 0 Å². The molecule has 1 aliphatic heterocycles. The molecule has 0 amide bonds. The number of ether oxygens (including phenoxy) is 1. The molecule has 5 rings (SSSR count). The van der Waals surface area contributed by atoms with Crippen molar-refractivity contribution in [2.45, 2.75) is 12.6 Å². The van der Waals surface area contributed by atoms with Crippen molar-refractivity contribution in [1.29, 1.82) is 0 Å². The van der Waals surface area contributed by atoms with E-state index in [1.807, 2.05) is 0 Å². The van der Waals surface area contributed by atoms with E-state index in [0.29, 0.717) is 19.3 Å². The van der Waals surface area contributed by atoms with Gasteiger partial charge in [-0.25, -0.2) is 17.9 Å². The number of benzene rings is 1. The summed E-state index contributed by atoms with van der Waals surface area (Å²) in [6.07, 6.45) is 1.36. The van der Waals surface area contributed by atoms with Gasteiger partial charge in [0, 0.05) is 17.4 Å². The first kappa shape index (κ1) is 15.5. The average Bonchev–Trinajstić information content (AvgIpc) is 3.00. The maximum atomic E-state index is 13.8. The first-order chi connectivity index (χ1) is 12.5. The van der Waals surface area contributed by atoms with Gasteiger partial charge in [0.25, 0.3) is 5.56 Å². The average molecular weight is 363 g/mol. The second-order valence-electron chi connectivity index (χ2n) is 6.58. The van der Waals surface area contributed by atoms with E-state index in [1.165, 1.54) is 10.9 Å². The lowest BCUT2D eigenvalue weighted by Crippen LogP contribution is -2.26. The van der Waals surface area contributed by atoms with E-state index in [0.717, 1.165) is 10.7 Å². The molecule has 7 nitrogen and oxygen atoms in total. The van der Waals surface area contributed by atoms with Crippen molar-refractivity contribution in [3.63, 3.8) is 0 Å². The lowest BCUT2D eigenvalue weighted by Gasteiger charge is -2.05. The molecule has 10 heteroatoms. The van der Waals surface area contributed by atoms with E-state index in [9.17, 15) is 18.0 Å². The Morgan fingerprint density at radius 1 is 1.15 bits per heavy atom. The third-order valence-electron chi connectivity index (χ3n) is 5.05. The highest BCUT2D eigenvalue weighted by atomic mass is 19.2. The number of fused-ring (bicyclic) bond motifs is 2. The maximum absolute atomic E-state index is 13.8. The normalized spacial score (nSPS) is 24.2. The van der Waals surface area contributed by atoms with Crippen LogP contribution in [0.1, 0.15) is 11.6 Å². The van der Waals surface area contributed by atoms with Gasteiger partial charge in [-0.3, -0.25) is 9.48 Å². The number of hydrogen-bond donors (Lipinski definition) is 0. The Labute approximate surface area is 144 Å². The highest BCUT2D eigenvalue weighted by Crippen LogP contribution is 2.53. The molecule has 0 bridgehead atoms. The maximum Gasteiger partial charge on any atom is 0.298 e. The van der Waals surface area contributed by atoms with E-state index in [-0.39, 0.29) is 35.5 Å². The highest BCUT2D eigenvalue weighted by Gasteiger charge is 2.56. The van der Waals surface area contributed by atoms with Crippen molar-refractivity contribution in [1.82, 2.24) is 24.8 Å². The Balaban J connectivity index is 1.52. The van der Waals surface area contributed by atoms with E-state index in [1.54, 1.807) is 0 Å². The Kier molecular flexibility index (Phi) is 3.20. The summed E-state index contributed by atoms with van der Waals surface area (Å²) in [6, 6.07) is 1.52. The number of nitrogens with zero attached hydrogens (tertiary/aromatic N) is 5. The van der Waals surface area contributed by atoms with Gasteiger partial charge in [-0.05, 0) is 12.1 Å². The molecule has 2 aliphatic rings. The molecule has 2 aromatic heterocycles. The fourth-order valence-electron chi connectivity index (χ4n) is 3.61. The summed E-state index contributed by atoms with van der Waals surface area (Å²) in [4.78, 5) is 12.6. The van der Waals surface area contributed by atoms with Crippen LogP contribution < -0.4 is 5.56 Å². The van der Waals surface area contributed by atoms with E-state index < -0.39 is 28.6 Å². The van der Waals surface area contributed by atoms with Crippen LogP contribution in [0.25, 0.3) is 11.0 Å². The predicted octanol–water partition coefficient (Wildman–Crippen LogP) is 1.27. The highest BCUT2D eigenvalue weighted by molar-refractivity contribution is 5.71. The van der Waals surface area contributed by atoms with Gasteiger partial charge in [0.2, 0.25) is 0 Å². The molecule has 26 heavy (non-hydrogen) atoms. The summed E-state index contributed by atoms with van der Waals surface area (Å²) >= 11 is 0. The van der Waals surface area contributed by atoms with Gasteiger partial charge in [-0.15, -0.1) is 5.10 Å². The second-order valence-corrected chi connectivity index (χ2v) is 6.58. The van der Waals surface area contributed by atoms with Gasteiger partial charge in [0.15, 0.2) is 17.2 Å². The van der Waals surface area contributed by atoms with Crippen LogP contribution in [0, 0.1) is 29.3 Å². The SMILES string of the molecule is O=c1c2nn(Cc3c(F)ccc(F)c3F)cc2nnn1C1[C@H]2COC[C@@H]12. The summed E-state index contributed by atoms with van der Waals surface area (Å²) in [7, 11) is 0. The molecule has 1 saturated heterocycles. The van der Waals surface area contributed by atoms with E-state index in [2.05, 4.69) is 15.4 Å². The third-order valence-corrected chi connectivity index (χ3v) is 5.05. The summed E-state index contributed by atoms with van der Waals surface area (Å²) in [5, 5.41) is 12.0. The van der Waals surface area contributed by atoms with Crippen LogP contribution in [-0.2, 0) is 11.3 Å². The predicted molar refractivity (Wildman–Crippen MR) is 81.8 cm³/mol. The van der Waals surface area contributed by atoms with Gasteiger partial charge in [0.1, 0.15) is 11.3 Å². The third kappa shape index (κ3) is 2.18. The smallest absolute Gasteiger partial charge is 0.298 e. The van der Waals surface area contributed by atoms with E-state index >= 15 is 0 Å². The molecular formula is C16H12F3N5O2. The molecule has 3 atom stereocenters. The summed E-state index contributed by atoms with van der Waals surface area (Å²) in [6.45, 7) is 0.815. The Morgan fingerprint density at radius 3 is 2.65 bits per heavy atom. The van der Waals surface area contributed by atoms with Gasteiger partial charge in [0.05, 0.1) is 32.0 Å².